The molecule has 2 N–H and O–H groups in total. The van der Waals surface area contributed by atoms with E-state index in [4.69, 9.17) is 0 Å². The van der Waals surface area contributed by atoms with Crippen molar-refractivity contribution in [1.29, 1.82) is 0 Å². The van der Waals surface area contributed by atoms with Crippen molar-refractivity contribution >= 4 is 16.9 Å². The second-order valence-corrected chi connectivity index (χ2v) is 5.46. The predicted octanol–water partition coefficient (Wildman–Crippen LogP) is 2.87. The summed E-state index contributed by atoms with van der Waals surface area (Å²) < 4.78 is 0. The molecule has 0 radical (unpaired) electrons. The van der Waals surface area contributed by atoms with Gasteiger partial charge in [0, 0.05) is 12.2 Å². The molecular formula is C15H19N3O. The minimum absolute atomic E-state index is 0.0169. The lowest BCUT2D eigenvalue weighted by atomic mass is 9.86. The zero-order valence-corrected chi connectivity index (χ0v) is 11.1. The Balaban J connectivity index is 1.76. The average Bonchev–Trinajstić information content (AvgIpc) is 2.85. The van der Waals surface area contributed by atoms with Crippen molar-refractivity contribution in [3.05, 3.63) is 30.1 Å². The summed E-state index contributed by atoms with van der Waals surface area (Å²) in [6, 6.07) is 5.92. The predicted molar refractivity (Wildman–Crippen MR) is 75.0 cm³/mol. The Morgan fingerprint density at radius 1 is 1.42 bits per heavy atom. The Kier molecular flexibility index (Phi) is 3.23. The minimum Gasteiger partial charge on any atom is -0.349 e. The fourth-order valence-corrected chi connectivity index (χ4v) is 2.86. The second kappa shape index (κ2) is 5.03. The molecule has 2 heterocycles. The molecule has 0 aromatic carbocycles. The number of pyridine rings is 1. The number of carbonyl (C=O) groups excluding carboxylic acids is 1. The smallest absolute Gasteiger partial charge is 0.268 e. The first-order valence-electron chi connectivity index (χ1n) is 6.98. The van der Waals surface area contributed by atoms with Gasteiger partial charge in [-0.05, 0) is 37.0 Å². The van der Waals surface area contributed by atoms with Crippen molar-refractivity contribution in [3.8, 4) is 0 Å². The van der Waals surface area contributed by atoms with Crippen molar-refractivity contribution in [3.63, 3.8) is 0 Å². The van der Waals surface area contributed by atoms with Gasteiger partial charge in [-0.1, -0.05) is 19.8 Å². The van der Waals surface area contributed by atoms with E-state index in [1.54, 1.807) is 6.20 Å². The van der Waals surface area contributed by atoms with Gasteiger partial charge in [0.05, 0.1) is 11.0 Å². The Morgan fingerprint density at radius 3 is 3.05 bits per heavy atom. The fourth-order valence-electron chi connectivity index (χ4n) is 2.86. The van der Waals surface area contributed by atoms with Crippen LogP contribution in [0.15, 0.2) is 24.4 Å². The molecule has 2 aromatic heterocycles. The van der Waals surface area contributed by atoms with Crippen LogP contribution in [0.2, 0.25) is 0 Å². The maximum atomic E-state index is 12.3. The van der Waals surface area contributed by atoms with E-state index >= 15 is 0 Å². The van der Waals surface area contributed by atoms with Gasteiger partial charge in [-0.25, -0.2) is 0 Å². The highest BCUT2D eigenvalue weighted by Gasteiger charge is 2.23. The number of carbonyl (C=O) groups is 1. The molecule has 100 valence electrons. The normalized spacial score (nSPS) is 23.4. The largest absolute Gasteiger partial charge is 0.349 e. The molecule has 0 saturated heterocycles. The number of aromatic nitrogens is 2. The van der Waals surface area contributed by atoms with E-state index in [2.05, 4.69) is 22.2 Å². The molecule has 4 nitrogen and oxygen atoms in total. The molecular weight excluding hydrogens is 238 g/mol. The maximum absolute atomic E-state index is 12.3. The zero-order chi connectivity index (χ0) is 13.2. The highest BCUT2D eigenvalue weighted by atomic mass is 16.1. The molecule has 2 unspecified atom stereocenters. The first-order valence-corrected chi connectivity index (χ1v) is 6.98. The number of aromatic amines is 1. The summed E-state index contributed by atoms with van der Waals surface area (Å²) in [5.41, 5.74) is 2.35. The highest BCUT2D eigenvalue weighted by Crippen LogP contribution is 2.24. The Hall–Kier alpha value is -1.84. The minimum atomic E-state index is -0.0169. The monoisotopic (exact) mass is 257 g/mol. The summed E-state index contributed by atoms with van der Waals surface area (Å²) in [7, 11) is 0. The third-order valence-corrected chi connectivity index (χ3v) is 4.06. The van der Waals surface area contributed by atoms with Crippen LogP contribution in [-0.4, -0.2) is 21.9 Å². The van der Waals surface area contributed by atoms with Gasteiger partial charge in [0.25, 0.3) is 5.91 Å². The Morgan fingerprint density at radius 2 is 2.26 bits per heavy atom. The highest BCUT2D eigenvalue weighted by molar-refractivity contribution is 5.97. The summed E-state index contributed by atoms with van der Waals surface area (Å²) in [6.07, 6.45) is 6.53. The van der Waals surface area contributed by atoms with Crippen molar-refractivity contribution in [2.24, 2.45) is 5.92 Å². The number of H-pyrrole nitrogens is 1. The van der Waals surface area contributed by atoms with Gasteiger partial charge >= 0.3 is 0 Å². The summed E-state index contributed by atoms with van der Waals surface area (Å²) in [5, 5.41) is 3.15. The Labute approximate surface area is 112 Å². The molecule has 19 heavy (non-hydrogen) atoms. The quantitative estimate of drug-likeness (QED) is 0.869. The first-order chi connectivity index (χ1) is 9.24. The number of fused-ring (bicyclic) bond motifs is 1. The van der Waals surface area contributed by atoms with Gasteiger partial charge in [-0.2, -0.15) is 0 Å². The Bertz CT molecular complexity index is 557. The van der Waals surface area contributed by atoms with Crippen LogP contribution in [0.4, 0.5) is 0 Å². The maximum Gasteiger partial charge on any atom is 0.268 e. The van der Waals surface area contributed by atoms with Crippen LogP contribution in [0, 0.1) is 5.92 Å². The first kappa shape index (κ1) is 12.2. The van der Waals surface area contributed by atoms with Gasteiger partial charge in [0.1, 0.15) is 5.69 Å². The molecule has 2 atom stereocenters. The number of hydrogen-bond acceptors (Lipinski definition) is 2. The fraction of sp³-hybridized carbons (Fsp3) is 0.467. The van der Waals surface area contributed by atoms with Gasteiger partial charge < -0.3 is 10.3 Å². The van der Waals surface area contributed by atoms with Crippen LogP contribution in [0.5, 0.6) is 0 Å². The molecule has 4 heteroatoms. The topological polar surface area (TPSA) is 57.8 Å². The van der Waals surface area contributed by atoms with Crippen LogP contribution in [-0.2, 0) is 0 Å². The standard InChI is InChI=1S/C15H19N3O/c1-10-5-2-3-6-11(10)18-15(19)14-9-13-12(17-14)7-4-8-16-13/h4,7-11,17H,2-3,5-6H2,1H3,(H,18,19). The number of rotatable bonds is 2. The summed E-state index contributed by atoms with van der Waals surface area (Å²) >= 11 is 0. The number of amides is 1. The molecule has 0 aliphatic heterocycles. The van der Waals surface area contributed by atoms with Crippen molar-refractivity contribution in [2.75, 3.05) is 0 Å². The SMILES string of the molecule is CC1CCCCC1NC(=O)c1cc2ncccc2[nH]1. The van der Waals surface area contributed by atoms with Crippen LogP contribution in [0.1, 0.15) is 43.1 Å². The molecule has 1 saturated carbocycles. The molecule has 1 aliphatic carbocycles. The van der Waals surface area contributed by atoms with Crippen molar-refractivity contribution < 1.29 is 4.79 Å². The second-order valence-electron chi connectivity index (χ2n) is 5.46. The van der Waals surface area contributed by atoms with Gasteiger partial charge in [0.15, 0.2) is 0 Å². The molecule has 3 rings (SSSR count). The number of hydrogen-bond donors (Lipinski definition) is 2. The summed E-state index contributed by atoms with van der Waals surface area (Å²) in [4.78, 5) is 19.6. The van der Waals surface area contributed by atoms with E-state index < -0.39 is 0 Å². The lowest BCUT2D eigenvalue weighted by molar-refractivity contribution is 0.0906. The summed E-state index contributed by atoms with van der Waals surface area (Å²) in [5.74, 6) is 0.553. The molecule has 1 amide bonds. The molecule has 1 fully saturated rings. The molecule has 1 aliphatic rings. The van der Waals surface area contributed by atoms with E-state index in [1.165, 1.54) is 19.3 Å². The lowest BCUT2D eigenvalue weighted by Gasteiger charge is -2.29. The average molecular weight is 257 g/mol. The van der Waals surface area contributed by atoms with E-state index in [-0.39, 0.29) is 5.91 Å². The number of nitrogens with zero attached hydrogens (tertiary/aromatic N) is 1. The van der Waals surface area contributed by atoms with E-state index in [9.17, 15) is 4.79 Å². The van der Waals surface area contributed by atoms with Crippen LogP contribution >= 0.6 is 0 Å². The van der Waals surface area contributed by atoms with Gasteiger partial charge in [-0.3, -0.25) is 9.78 Å². The van der Waals surface area contributed by atoms with Gasteiger partial charge in [0.2, 0.25) is 0 Å². The molecule has 2 aromatic rings. The third kappa shape index (κ3) is 2.48. The van der Waals surface area contributed by atoms with Crippen LogP contribution in [0.3, 0.4) is 0 Å². The lowest BCUT2D eigenvalue weighted by Crippen LogP contribution is -2.41. The van der Waals surface area contributed by atoms with Crippen LogP contribution in [0.25, 0.3) is 11.0 Å². The summed E-state index contributed by atoms with van der Waals surface area (Å²) in [6.45, 7) is 2.22. The van der Waals surface area contributed by atoms with Crippen molar-refractivity contribution in [2.45, 2.75) is 38.6 Å². The van der Waals surface area contributed by atoms with Gasteiger partial charge in [-0.15, -0.1) is 0 Å². The van der Waals surface area contributed by atoms with Crippen LogP contribution < -0.4 is 5.32 Å². The number of nitrogens with one attached hydrogen (secondary N) is 2. The van der Waals surface area contributed by atoms with Crippen molar-refractivity contribution in [1.82, 2.24) is 15.3 Å². The third-order valence-electron chi connectivity index (χ3n) is 4.06. The zero-order valence-electron chi connectivity index (χ0n) is 11.1. The molecule has 0 bridgehead atoms. The van der Waals surface area contributed by atoms with E-state index in [0.29, 0.717) is 17.7 Å². The molecule has 0 spiro atoms. The van der Waals surface area contributed by atoms with E-state index in [0.717, 1.165) is 17.5 Å². The van der Waals surface area contributed by atoms with E-state index in [1.807, 2.05) is 18.2 Å².